The van der Waals surface area contributed by atoms with Crippen LogP contribution in [0.5, 0.6) is 0 Å². The molecule has 37 heavy (non-hydrogen) atoms. The summed E-state index contributed by atoms with van der Waals surface area (Å²) in [6, 6.07) is 29.1. The van der Waals surface area contributed by atoms with Gasteiger partial charge in [0, 0.05) is 34.8 Å². The molecule has 1 aromatic heterocycles. The predicted octanol–water partition coefficient (Wildman–Crippen LogP) is 7.29. The van der Waals surface area contributed by atoms with Gasteiger partial charge in [-0.1, -0.05) is 84.9 Å². The Morgan fingerprint density at radius 1 is 0.595 bits per heavy atom. The van der Waals surface area contributed by atoms with Crippen molar-refractivity contribution in [1.29, 1.82) is 0 Å². The van der Waals surface area contributed by atoms with E-state index < -0.39 is 0 Å². The zero-order valence-corrected chi connectivity index (χ0v) is 20.7. The van der Waals surface area contributed by atoms with Gasteiger partial charge in [-0.25, -0.2) is 0 Å². The van der Waals surface area contributed by atoms with E-state index >= 15 is 0 Å². The zero-order chi connectivity index (χ0) is 25.5. The minimum Gasteiger partial charge on any atom is -0.377 e. The van der Waals surface area contributed by atoms with Gasteiger partial charge in [0.1, 0.15) is 0 Å². The van der Waals surface area contributed by atoms with Gasteiger partial charge in [0.05, 0.1) is 28.0 Å². The molecule has 0 aliphatic heterocycles. The molecule has 0 saturated heterocycles. The average molecular weight is 486 g/mol. The molecule has 4 aromatic carbocycles. The Kier molecular flexibility index (Phi) is 5.61. The van der Waals surface area contributed by atoms with Crippen LogP contribution >= 0.6 is 0 Å². The fourth-order valence-electron chi connectivity index (χ4n) is 5.27. The molecule has 3 N–H and O–H groups in total. The first-order valence-electron chi connectivity index (χ1n) is 12.5. The monoisotopic (exact) mass is 485 g/mol. The molecular weight excluding hydrogens is 458 g/mol. The Morgan fingerprint density at radius 3 is 1.59 bits per heavy atom. The largest absolute Gasteiger partial charge is 0.377 e. The number of anilines is 2. The van der Waals surface area contributed by atoms with E-state index in [1.165, 1.54) is 0 Å². The van der Waals surface area contributed by atoms with E-state index in [0.29, 0.717) is 33.6 Å². The zero-order valence-electron chi connectivity index (χ0n) is 20.7. The van der Waals surface area contributed by atoms with Gasteiger partial charge >= 0.3 is 0 Å². The lowest BCUT2D eigenvalue weighted by Gasteiger charge is -2.28. The van der Waals surface area contributed by atoms with E-state index in [9.17, 15) is 9.59 Å². The number of aromatic nitrogens is 1. The molecule has 182 valence electrons. The topological polar surface area (TPSA) is 74.0 Å². The van der Waals surface area contributed by atoms with Crippen molar-refractivity contribution >= 4 is 33.8 Å². The number of hydrogen-bond donors (Lipinski definition) is 3. The van der Waals surface area contributed by atoms with E-state index in [0.717, 1.165) is 22.0 Å². The van der Waals surface area contributed by atoms with E-state index in [-0.39, 0.29) is 23.7 Å². The van der Waals surface area contributed by atoms with Crippen molar-refractivity contribution in [2.45, 2.75) is 25.9 Å². The third-order valence-corrected chi connectivity index (χ3v) is 7.21. The number of carbonyl (C=O) groups is 2. The second kappa shape index (κ2) is 9.10. The molecule has 5 aromatic rings. The fourth-order valence-corrected chi connectivity index (χ4v) is 5.27. The van der Waals surface area contributed by atoms with Gasteiger partial charge in [0.25, 0.3) is 0 Å². The lowest BCUT2D eigenvalue weighted by Crippen LogP contribution is -2.25. The van der Waals surface area contributed by atoms with Crippen molar-refractivity contribution in [2.75, 3.05) is 10.6 Å². The quantitative estimate of drug-likeness (QED) is 0.217. The molecule has 1 aliphatic rings. The maximum atomic E-state index is 14.0. The maximum Gasteiger partial charge on any atom is 0.196 e. The van der Waals surface area contributed by atoms with Crippen LogP contribution in [0, 0.1) is 0 Å². The van der Waals surface area contributed by atoms with Crippen LogP contribution in [-0.2, 0) is 0 Å². The Morgan fingerprint density at radius 2 is 1.05 bits per heavy atom. The van der Waals surface area contributed by atoms with Crippen LogP contribution in [0.3, 0.4) is 0 Å². The fraction of sp³-hybridized carbons (Fsp3) is 0.125. The predicted molar refractivity (Wildman–Crippen MR) is 149 cm³/mol. The van der Waals surface area contributed by atoms with Gasteiger partial charge in [-0.05, 0) is 31.0 Å². The minimum absolute atomic E-state index is 0.0782. The molecule has 0 fully saturated rings. The van der Waals surface area contributed by atoms with E-state index in [1.807, 2.05) is 48.7 Å². The van der Waals surface area contributed by atoms with Crippen LogP contribution in [0.15, 0.2) is 97.2 Å². The van der Waals surface area contributed by atoms with E-state index in [4.69, 9.17) is 0 Å². The lowest BCUT2D eigenvalue weighted by molar-refractivity contribution is 0.0980. The molecule has 1 heterocycles. The SMILES string of the molecule is CC(Nc1c2c(c(NC(C)c3ccccc3)c3[nH]ccc13)C(=O)c1ccccc1C2=O)c1ccccc1. The summed E-state index contributed by atoms with van der Waals surface area (Å²) in [5, 5.41) is 8.03. The molecular formula is C32H27N3O2. The van der Waals surface area contributed by atoms with Crippen LogP contribution in [0.2, 0.25) is 0 Å². The number of H-pyrrole nitrogens is 1. The first kappa shape index (κ1) is 22.8. The molecule has 0 saturated carbocycles. The van der Waals surface area contributed by atoms with Crippen molar-refractivity contribution in [3.63, 3.8) is 0 Å². The number of aromatic amines is 1. The summed E-state index contributed by atoms with van der Waals surface area (Å²) in [5.41, 5.74) is 6.00. The van der Waals surface area contributed by atoms with Crippen molar-refractivity contribution in [3.8, 4) is 0 Å². The molecule has 0 amide bonds. The standard InChI is InChI=1S/C32H27N3O2/c1-19(21-11-5-3-6-12-21)34-28-25-17-18-33-29(25)30(35-20(2)22-13-7-4-8-14-22)27-26(28)31(36)23-15-9-10-16-24(23)32(27)37/h3-20,33-35H,1-2H3. The summed E-state index contributed by atoms with van der Waals surface area (Å²) >= 11 is 0. The van der Waals surface area contributed by atoms with Gasteiger partial charge in [0.15, 0.2) is 11.6 Å². The van der Waals surface area contributed by atoms with Gasteiger partial charge in [-0.2, -0.15) is 0 Å². The molecule has 1 aliphatic carbocycles. The summed E-state index contributed by atoms with van der Waals surface area (Å²) in [7, 11) is 0. The lowest BCUT2D eigenvalue weighted by atomic mass is 9.81. The second-order valence-electron chi connectivity index (χ2n) is 9.52. The molecule has 5 heteroatoms. The minimum atomic E-state index is -0.153. The Labute approximate surface area is 215 Å². The summed E-state index contributed by atoms with van der Waals surface area (Å²) in [5.74, 6) is -0.300. The number of hydrogen-bond acceptors (Lipinski definition) is 4. The van der Waals surface area contributed by atoms with Crippen LogP contribution in [0.4, 0.5) is 11.4 Å². The smallest absolute Gasteiger partial charge is 0.196 e. The number of carbonyl (C=O) groups excluding carboxylic acids is 2. The van der Waals surface area contributed by atoms with Crippen LogP contribution in [0.25, 0.3) is 10.9 Å². The van der Waals surface area contributed by atoms with Crippen LogP contribution in [0.1, 0.15) is 68.9 Å². The number of nitrogens with one attached hydrogen (secondary N) is 3. The molecule has 2 atom stereocenters. The van der Waals surface area contributed by atoms with Crippen molar-refractivity contribution in [1.82, 2.24) is 4.98 Å². The highest BCUT2D eigenvalue weighted by molar-refractivity contribution is 6.35. The van der Waals surface area contributed by atoms with Gasteiger partial charge < -0.3 is 15.6 Å². The number of ketones is 2. The summed E-state index contributed by atoms with van der Waals surface area (Å²) < 4.78 is 0. The highest BCUT2D eigenvalue weighted by Crippen LogP contribution is 2.44. The second-order valence-corrected chi connectivity index (χ2v) is 9.52. The van der Waals surface area contributed by atoms with E-state index in [1.54, 1.807) is 24.3 Å². The Bertz CT molecular complexity index is 1520. The highest BCUT2D eigenvalue weighted by atomic mass is 16.1. The highest BCUT2D eigenvalue weighted by Gasteiger charge is 2.36. The Balaban J connectivity index is 1.58. The van der Waals surface area contributed by atoms with E-state index in [2.05, 4.69) is 53.7 Å². The molecule has 0 bridgehead atoms. The Hall–Kier alpha value is -4.64. The number of rotatable bonds is 6. The molecule has 0 radical (unpaired) electrons. The summed E-state index contributed by atoms with van der Waals surface area (Å²) in [4.78, 5) is 31.4. The van der Waals surface area contributed by atoms with Crippen molar-refractivity contribution in [3.05, 3.63) is 131 Å². The molecule has 0 spiro atoms. The summed E-state index contributed by atoms with van der Waals surface area (Å²) in [6.07, 6.45) is 1.86. The van der Waals surface area contributed by atoms with Gasteiger partial charge in [-0.3, -0.25) is 9.59 Å². The van der Waals surface area contributed by atoms with Gasteiger partial charge in [0.2, 0.25) is 0 Å². The maximum absolute atomic E-state index is 14.0. The third kappa shape index (κ3) is 3.80. The third-order valence-electron chi connectivity index (χ3n) is 7.21. The average Bonchev–Trinajstić information content (AvgIpc) is 3.44. The number of fused-ring (bicyclic) bond motifs is 3. The normalized spacial score (nSPS) is 14.1. The van der Waals surface area contributed by atoms with Crippen LogP contribution in [-0.4, -0.2) is 16.6 Å². The first-order valence-corrected chi connectivity index (χ1v) is 12.5. The van der Waals surface area contributed by atoms with Gasteiger partial charge in [-0.15, -0.1) is 0 Å². The molecule has 6 rings (SSSR count). The molecule has 2 unspecified atom stereocenters. The summed E-state index contributed by atoms with van der Waals surface area (Å²) in [6.45, 7) is 4.12. The first-order chi connectivity index (χ1) is 18.0. The van der Waals surface area contributed by atoms with Crippen molar-refractivity contribution < 1.29 is 9.59 Å². The van der Waals surface area contributed by atoms with Crippen LogP contribution < -0.4 is 10.6 Å². The number of benzene rings is 4. The van der Waals surface area contributed by atoms with Crippen molar-refractivity contribution in [2.24, 2.45) is 0 Å². The molecule has 5 nitrogen and oxygen atoms in total.